The minimum absolute atomic E-state index is 0.105. The average molecular weight is 229 g/mol. The molecule has 0 fully saturated rings. The van der Waals surface area contributed by atoms with E-state index in [-0.39, 0.29) is 12.5 Å². The largest absolute Gasteiger partial charge is 0.309 e. The Hall–Kier alpha value is -1.06. The van der Waals surface area contributed by atoms with Crippen LogP contribution in [0.15, 0.2) is 23.2 Å². The van der Waals surface area contributed by atoms with E-state index in [1.165, 1.54) is 0 Å². The standard InChI is InChI=1S/C9H6Cl2N2O/c10-6-2-1-5(3-7(6)11)9-12-4-8(14)13-9/h1-3H,4H2,(H,12,13,14). The van der Waals surface area contributed by atoms with Gasteiger partial charge in [-0.1, -0.05) is 23.2 Å². The summed E-state index contributed by atoms with van der Waals surface area (Å²) < 4.78 is 0. The zero-order chi connectivity index (χ0) is 10.1. The molecule has 14 heavy (non-hydrogen) atoms. The van der Waals surface area contributed by atoms with Gasteiger partial charge in [-0.25, -0.2) is 0 Å². The van der Waals surface area contributed by atoms with E-state index in [1.807, 2.05) is 0 Å². The number of carbonyl (C=O) groups is 1. The second-order valence-corrected chi connectivity index (χ2v) is 3.66. The van der Waals surface area contributed by atoms with Gasteiger partial charge >= 0.3 is 0 Å². The predicted molar refractivity (Wildman–Crippen MR) is 56.0 cm³/mol. The van der Waals surface area contributed by atoms with Crippen LogP contribution in [-0.2, 0) is 4.79 Å². The smallest absolute Gasteiger partial charge is 0.247 e. The van der Waals surface area contributed by atoms with E-state index in [2.05, 4.69) is 10.3 Å². The van der Waals surface area contributed by atoms with Crippen LogP contribution in [0.25, 0.3) is 0 Å². The first-order chi connectivity index (χ1) is 6.66. The molecule has 1 amide bonds. The fraction of sp³-hybridized carbons (Fsp3) is 0.111. The van der Waals surface area contributed by atoms with Crippen molar-refractivity contribution in [2.45, 2.75) is 0 Å². The molecular weight excluding hydrogens is 223 g/mol. The van der Waals surface area contributed by atoms with Gasteiger partial charge in [-0.05, 0) is 18.2 Å². The zero-order valence-corrected chi connectivity index (χ0v) is 8.56. The third kappa shape index (κ3) is 1.74. The van der Waals surface area contributed by atoms with Crippen LogP contribution < -0.4 is 5.32 Å². The van der Waals surface area contributed by atoms with Gasteiger partial charge in [0.1, 0.15) is 12.4 Å². The van der Waals surface area contributed by atoms with Crippen molar-refractivity contribution in [3.63, 3.8) is 0 Å². The van der Waals surface area contributed by atoms with Gasteiger partial charge < -0.3 is 5.32 Å². The Labute approximate surface area is 90.7 Å². The second-order valence-electron chi connectivity index (χ2n) is 2.84. The molecule has 0 spiro atoms. The Morgan fingerprint density at radius 3 is 2.64 bits per heavy atom. The maximum Gasteiger partial charge on any atom is 0.247 e. The topological polar surface area (TPSA) is 41.5 Å². The molecule has 0 aromatic heterocycles. The molecule has 0 saturated heterocycles. The number of amidine groups is 1. The molecule has 1 aliphatic rings. The maximum absolute atomic E-state index is 10.9. The SMILES string of the molecule is O=C1CN=C(c2ccc(Cl)c(Cl)c2)N1. The Morgan fingerprint density at radius 2 is 2.07 bits per heavy atom. The van der Waals surface area contributed by atoms with E-state index in [0.29, 0.717) is 15.9 Å². The molecule has 1 aromatic rings. The summed E-state index contributed by atoms with van der Waals surface area (Å²) in [5.74, 6) is 0.444. The molecule has 1 aromatic carbocycles. The number of nitrogens with one attached hydrogen (secondary N) is 1. The number of aliphatic imine (C=N–C) groups is 1. The minimum atomic E-state index is -0.105. The molecule has 0 unspecified atom stereocenters. The van der Waals surface area contributed by atoms with Crippen molar-refractivity contribution in [1.82, 2.24) is 5.32 Å². The summed E-state index contributed by atoms with van der Waals surface area (Å²) in [5.41, 5.74) is 0.769. The third-order valence-corrected chi connectivity index (χ3v) is 2.57. The molecule has 1 aliphatic heterocycles. The normalized spacial score (nSPS) is 15.3. The second kappa shape index (κ2) is 3.59. The van der Waals surface area contributed by atoms with Gasteiger partial charge in [0.15, 0.2) is 0 Å². The van der Waals surface area contributed by atoms with Gasteiger partial charge in [0.05, 0.1) is 10.0 Å². The summed E-state index contributed by atoms with van der Waals surface area (Å²) >= 11 is 11.6. The fourth-order valence-electron chi connectivity index (χ4n) is 1.17. The first-order valence-corrected chi connectivity index (χ1v) is 4.72. The molecule has 1 N–H and O–H groups in total. The zero-order valence-electron chi connectivity index (χ0n) is 7.05. The van der Waals surface area contributed by atoms with Crippen molar-refractivity contribution in [2.24, 2.45) is 4.99 Å². The number of halogens is 2. The van der Waals surface area contributed by atoms with Crippen molar-refractivity contribution in [2.75, 3.05) is 6.54 Å². The van der Waals surface area contributed by atoms with Gasteiger partial charge in [0, 0.05) is 5.56 Å². The quantitative estimate of drug-likeness (QED) is 0.784. The highest BCUT2D eigenvalue weighted by molar-refractivity contribution is 6.42. The Morgan fingerprint density at radius 1 is 1.29 bits per heavy atom. The van der Waals surface area contributed by atoms with Crippen molar-refractivity contribution in [3.8, 4) is 0 Å². The van der Waals surface area contributed by atoms with Crippen LogP contribution in [0.1, 0.15) is 5.56 Å². The summed E-state index contributed by atoms with van der Waals surface area (Å²) in [4.78, 5) is 14.9. The Balaban J connectivity index is 2.34. The molecule has 0 bridgehead atoms. The minimum Gasteiger partial charge on any atom is -0.309 e. The van der Waals surface area contributed by atoms with Gasteiger partial charge in [-0.3, -0.25) is 9.79 Å². The van der Waals surface area contributed by atoms with Crippen LogP contribution >= 0.6 is 23.2 Å². The highest BCUT2D eigenvalue weighted by atomic mass is 35.5. The summed E-state index contributed by atoms with van der Waals surface area (Å²) in [7, 11) is 0. The fourth-order valence-corrected chi connectivity index (χ4v) is 1.47. The van der Waals surface area contributed by atoms with Crippen LogP contribution in [-0.4, -0.2) is 18.3 Å². The molecule has 0 atom stereocenters. The van der Waals surface area contributed by atoms with Crippen molar-refractivity contribution < 1.29 is 4.79 Å². The molecule has 3 nitrogen and oxygen atoms in total. The van der Waals surface area contributed by atoms with Gasteiger partial charge in [-0.15, -0.1) is 0 Å². The number of hydrogen-bond donors (Lipinski definition) is 1. The Bertz CT molecular complexity index is 429. The molecule has 5 heteroatoms. The van der Waals surface area contributed by atoms with E-state index < -0.39 is 0 Å². The highest BCUT2D eigenvalue weighted by Crippen LogP contribution is 2.22. The van der Waals surface area contributed by atoms with E-state index >= 15 is 0 Å². The van der Waals surface area contributed by atoms with Crippen LogP contribution in [0.3, 0.4) is 0 Å². The number of hydrogen-bond acceptors (Lipinski definition) is 2. The van der Waals surface area contributed by atoms with E-state index in [9.17, 15) is 4.79 Å². The summed E-state index contributed by atoms with van der Waals surface area (Å²) in [6, 6.07) is 5.11. The molecule has 72 valence electrons. The van der Waals surface area contributed by atoms with Crippen LogP contribution in [0.5, 0.6) is 0 Å². The van der Waals surface area contributed by atoms with E-state index in [4.69, 9.17) is 23.2 Å². The van der Waals surface area contributed by atoms with E-state index in [1.54, 1.807) is 18.2 Å². The highest BCUT2D eigenvalue weighted by Gasteiger charge is 2.15. The lowest BCUT2D eigenvalue weighted by molar-refractivity contribution is -0.117. The molecular formula is C9H6Cl2N2O. The van der Waals surface area contributed by atoms with E-state index in [0.717, 1.165) is 5.56 Å². The molecule has 1 heterocycles. The third-order valence-electron chi connectivity index (χ3n) is 1.83. The number of benzene rings is 1. The molecule has 0 aliphatic carbocycles. The van der Waals surface area contributed by atoms with Gasteiger partial charge in [0.2, 0.25) is 5.91 Å². The lowest BCUT2D eigenvalue weighted by atomic mass is 10.2. The summed E-state index contributed by atoms with van der Waals surface area (Å²) in [6.07, 6.45) is 0. The molecule has 0 radical (unpaired) electrons. The number of rotatable bonds is 1. The van der Waals surface area contributed by atoms with Crippen LogP contribution in [0, 0.1) is 0 Å². The first kappa shape index (κ1) is 9.49. The summed E-state index contributed by atoms with van der Waals surface area (Å²) in [5, 5.41) is 3.56. The monoisotopic (exact) mass is 228 g/mol. The van der Waals surface area contributed by atoms with Crippen molar-refractivity contribution in [3.05, 3.63) is 33.8 Å². The Kier molecular flexibility index (Phi) is 2.44. The maximum atomic E-state index is 10.9. The van der Waals surface area contributed by atoms with Crippen LogP contribution in [0.4, 0.5) is 0 Å². The van der Waals surface area contributed by atoms with Gasteiger partial charge in [-0.2, -0.15) is 0 Å². The lowest BCUT2D eigenvalue weighted by Gasteiger charge is -2.02. The average Bonchev–Trinajstić information content (AvgIpc) is 2.57. The number of carbonyl (C=O) groups excluding carboxylic acids is 1. The first-order valence-electron chi connectivity index (χ1n) is 3.96. The number of nitrogens with zero attached hydrogens (tertiary/aromatic N) is 1. The predicted octanol–water partition coefficient (Wildman–Crippen LogP) is 1.87. The lowest BCUT2D eigenvalue weighted by Crippen LogP contribution is -2.25. The van der Waals surface area contributed by atoms with Crippen molar-refractivity contribution in [1.29, 1.82) is 0 Å². The van der Waals surface area contributed by atoms with Crippen LogP contribution in [0.2, 0.25) is 10.0 Å². The number of amides is 1. The molecule has 2 rings (SSSR count). The summed E-state index contributed by atoms with van der Waals surface area (Å²) in [6.45, 7) is 0.176. The van der Waals surface area contributed by atoms with Crippen molar-refractivity contribution >= 4 is 34.9 Å². The molecule has 0 saturated carbocycles. The van der Waals surface area contributed by atoms with Gasteiger partial charge in [0.25, 0.3) is 0 Å².